The molecule has 0 aromatic heterocycles. The minimum absolute atomic E-state index is 0.0142. The third-order valence-corrected chi connectivity index (χ3v) is 2.10. The molecule has 0 heterocycles. The molecular formula is C9H19N3O2. The summed E-state index contributed by atoms with van der Waals surface area (Å²) in [6.45, 7) is 4.31. The molecule has 0 aliphatic rings. The Hall–Kier alpha value is -0.940. The van der Waals surface area contributed by atoms with Gasteiger partial charge in [0.05, 0.1) is 0 Å². The van der Waals surface area contributed by atoms with Crippen LogP contribution >= 0.6 is 0 Å². The van der Waals surface area contributed by atoms with Crippen LogP contribution in [0.2, 0.25) is 0 Å². The van der Waals surface area contributed by atoms with Crippen molar-refractivity contribution in [1.82, 2.24) is 10.3 Å². The fourth-order valence-electron chi connectivity index (χ4n) is 0.880. The van der Waals surface area contributed by atoms with E-state index >= 15 is 0 Å². The molecule has 0 bridgehead atoms. The summed E-state index contributed by atoms with van der Waals surface area (Å²) < 4.78 is 0. The van der Waals surface area contributed by atoms with E-state index in [0.29, 0.717) is 13.1 Å². The molecule has 0 aromatic carbocycles. The van der Waals surface area contributed by atoms with Crippen molar-refractivity contribution < 1.29 is 9.59 Å². The molecule has 5 nitrogen and oxygen atoms in total. The molecule has 0 saturated carbocycles. The van der Waals surface area contributed by atoms with Gasteiger partial charge in [-0.2, -0.15) is 0 Å². The summed E-state index contributed by atoms with van der Waals surface area (Å²) in [7, 11) is 1.79. The maximum Gasteiger partial charge on any atom is 0.237 e. The third kappa shape index (κ3) is 4.94. The van der Waals surface area contributed by atoms with Crippen molar-refractivity contribution in [3.05, 3.63) is 0 Å². The third-order valence-electron chi connectivity index (χ3n) is 2.10. The lowest BCUT2D eigenvalue weighted by molar-refractivity contribution is -0.135. The minimum atomic E-state index is -0.247. The van der Waals surface area contributed by atoms with Crippen LogP contribution < -0.4 is 11.2 Å². The van der Waals surface area contributed by atoms with Crippen LogP contribution in [0.1, 0.15) is 20.3 Å². The maximum absolute atomic E-state index is 11.4. The second-order valence-electron chi connectivity index (χ2n) is 3.41. The van der Waals surface area contributed by atoms with Crippen LogP contribution in [0.4, 0.5) is 0 Å². The first-order valence-electron chi connectivity index (χ1n) is 4.69. The lowest BCUT2D eigenvalue weighted by Gasteiger charge is -2.17. The molecule has 0 saturated heterocycles. The van der Waals surface area contributed by atoms with Crippen LogP contribution in [0, 0.1) is 5.92 Å². The van der Waals surface area contributed by atoms with E-state index in [1.807, 2.05) is 0 Å². The molecule has 1 unspecified atom stereocenters. The Kier molecular flexibility index (Phi) is 6.07. The van der Waals surface area contributed by atoms with Crippen LogP contribution in [0.25, 0.3) is 0 Å². The molecule has 0 aromatic rings. The zero-order valence-electron chi connectivity index (χ0n) is 9.04. The fraction of sp³-hybridized carbons (Fsp3) is 0.778. The number of ketones is 1. The molecule has 5 heteroatoms. The van der Waals surface area contributed by atoms with Gasteiger partial charge in [-0.15, -0.1) is 0 Å². The second-order valence-corrected chi connectivity index (χ2v) is 3.41. The van der Waals surface area contributed by atoms with Crippen molar-refractivity contribution in [2.45, 2.75) is 20.3 Å². The number of likely N-dealkylation sites (N-methyl/N-ethyl adjacent to an activating group) is 1. The molecule has 1 atom stereocenters. The number of hydrazine groups is 1. The quantitative estimate of drug-likeness (QED) is 0.346. The largest absolute Gasteiger partial charge is 0.318 e. The average Bonchev–Trinajstić information content (AvgIpc) is 2.13. The maximum atomic E-state index is 11.4. The normalized spacial score (nSPS) is 12.3. The Morgan fingerprint density at radius 2 is 2.07 bits per heavy atom. The molecule has 0 fully saturated rings. The Balaban J connectivity index is 3.88. The van der Waals surface area contributed by atoms with Gasteiger partial charge in [0.25, 0.3) is 0 Å². The Morgan fingerprint density at radius 1 is 1.50 bits per heavy atom. The Morgan fingerprint density at radius 3 is 2.50 bits per heavy atom. The molecule has 0 aliphatic heterocycles. The van der Waals surface area contributed by atoms with E-state index in [4.69, 9.17) is 5.84 Å². The van der Waals surface area contributed by atoms with Crippen LogP contribution in [0.15, 0.2) is 0 Å². The summed E-state index contributed by atoms with van der Waals surface area (Å²) in [5.74, 6) is 5.06. The van der Waals surface area contributed by atoms with E-state index < -0.39 is 0 Å². The van der Waals surface area contributed by atoms with Crippen molar-refractivity contribution in [1.29, 1.82) is 0 Å². The van der Waals surface area contributed by atoms with Crippen molar-refractivity contribution in [3.8, 4) is 0 Å². The number of amides is 1. The molecule has 3 N–H and O–H groups in total. The molecule has 0 aliphatic carbocycles. The summed E-state index contributed by atoms with van der Waals surface area (Å²) in [5, 5.41) is 4.04. The molecular weight excluding hydrogens is 182 g/mol. The number of rotatable bonds is 6. The predicted octanol–water partition coefficient (Wildman–Crippen LogP) is -0.477. The van der Waals surface area contributed by atoms with E-state index in [0.717, 1.165) is 5.01 Å². The highest BCUT2D eigenvalue weighted by atomic mass is 16.2. The number of hydrogen-bond donors (Lipinski definition) is 2. The standard InChI is InChI=1S/C9H19N3O2/c1-7(8(2)13)6-9(14)12(10)5-4-11-3/h7,11H,4-6,10H2,1-3H3. The first-order valence-corrected chi connectivity index (χ1v) is 4.69. The van der Waals surface area contributed by atoms with Gasteiger partial charge in [-0.05, 0) is 14.0 Å². The molecule has 1 amide bonds. The topological polar surface area (TPSA) is 75.4 Å². The summed E-state index contributed by atoms with van der Waals surface area (Å²) in [4.78, 5) is 22.3. The smallest absolute Gasteiger partial charge is 0.237 e. The Labute approximate surface area is 84.6 Å². The van der Waals surface area contributed by atoms with Gasteiger partial charge >= 0.3 is 0 Å². The van der Waals surface area contributed by atoms with Crippen LogP contribution in [-0.2, 0) is 9.59 Å². The number of Topliss-reactive ketones (excluding diaryl/α,β-unsaturated/α-hetero) is 1. The first-order chi connectivity index (χ1) is 6.49. The van der Waals surface area contributed by atoms with Gasteiger partial charge in [0.15, 0.2) is 0 Å². The summed E-state index contributed by atoms with van der Waals surface area (Å²) in [6.07, 6.45) is 0.190. The van der Waals surface area contributed by atoms with Gasteiger partial charge in [-0.25, -0.2) is 5.84 Å². The van der Waals surface area contributed by atoms with Crippen molar-refractivity contribution in [2.75, 3.05) is 20.1 Å². The number of carbonyl (C=O) groups is 2. The number of nitrogens with two attached hydrogens (primary N) is 1. The van der Waals surface area contributed by atoms with Crippen LogP contribution in [0.5, 0.6) is 0 Å². The van der Waals surface area contributed by atoms with E-state index in [1.54, 1.807) is 14.0 Å². The van der Waals surface area contributed by atoms with Crippen molar-refractivity contribution >= 4 is 11.7 Å². The van der Waals surface area contributed by atoms with Gasteiger partial charge in [-0.3, -0.25) is 14.6 Å². The van der Waals surface area contributed by atoms with Gasteiger partial charge in [0.2, 0.25) is 5.91 Å². The number of hydrogen-bond acceptors (Lipinski definition) is 4. The van der Waals surface area contributed by atoms with Crippen molar-refractivity contribution in [2.24, 2.45) is 11.8 Å². The van der Waals surface area contributed by atoms with E-state index in [1.165, 1.54) is 6.92 Å². The zero-order chi connectivity index (χ0) is 11.1. The highest BCUT2D eigenvalue weighted by Crippen LogP contribution is 2.04. The predicted molar refractivity (Wildman–Crippen MR) is 54.3 cm³/mol. The lowest BCUT2D eigenvalue weighted by Crippen LogP contribution is -2.42. The number of nitrogens with zero attached hydrogens (tertiary/aromatic N) is 1. The SMILES string of the molecule is CNCCN(N)C(=O)CC(C)C(C)=O. The first kappa shape index (κ1) is 13.1. The molecule has 14 heavy (non-hydrogen) atoms. The fourth-order valence-corrected chi connectivity index (χ4v) is 0.880. The van der Waals surface area contributed by atoms with E-state index in [9.17, 15) is 9.59 Å². The van der Waals surface area contributed by atoms with Crippen molar-refractivity contribution in [3.63, 3.8) is 0 Å². The highest BCUT2D eigenvalue weighted by Gasteiger charge is 2.16. The molecule has 0 radical (unpaired) electrons. The van der Waals surface area contributed by atoms with Gasteiger partial charge in [0, 0.05) is 25.4 Å². The molecule has 0 spiro atoms. The number of nitrogens with one attached hydrogen (secondary N) is 1. The van der Waals surface area contributed by atoms with Crippen LogP contribution in [-0.4, -0.2) is 36.8 Å². The van der Waals surface area contributed by atoms with E-state index in [-0.39, 0.29) is 24.0 Å². The number of carbonyl (C=O) groups excluding carboxylic acids is 2. The average molecular weight is 201 g/mol. The van der Waals surface area contributed by atoms with Gasteiger partial charge < -0.3 is 5.32 Å². The molecule has 0 rings (SSSR count). The zero-order valence-corrected chi connectivity index (χ0v) is 9.04. The van der Waals surface area contributed by atoms with Crippen LogP contribution in [0.3, 0.4) is 0 Å². The second kappa shape index (κ2) is 6.50. The lowest BCUT2D eigenvalue weighted by atomic mass is 10.0. The summed E-state index contributed by atoms with van der Waals surface area (Å²) in [6, 6.07) is 0. The highest BCUT2D eigenvalue weighted by molar-refractivity contribution is 5.85. The molecule has 82 valence electrons. The Bertz CT molecular complexity index is 206. The summed E-state index contributed by atoms with van der Waals surface area (Å²) >= 11 is 0. The van der Waals surface area contributed by atoms with Gasteiger partial charge in [-0.1, -0.05) is 6.92 Å². The van der Waals surface area contributed by atoms with E-state index in [2.05, 4.69) is 5.32 Å². The monoisotopic (exact) mass is 201 g/mol. The summed E-state index contributed by atoms with van der Waals surface area (Å²) in [5.41, 5.74) is 0. The minimum Gasteiger partial charge on any atom is -0.318 e. The van der Waals surface area contributed by atoms with Gasteiger partial charge in [0.1, 0.15) is 5.78 Å².